The highest BCUT2D eigenvalue weighted by molar-refractivity contribution is 6.24. The van der Waals surface area contributed by atoms with Crippen LogP contribution in [0.25, 0.3) is 0 Å². The van der Waals surface area contributed by atoms with Gasteiger partial charge in [-0.1, -0.05) is 0 Å². The van der Waals surface area contributed by atoms with Gasteiger partial charge in [0.15, 0.2) is 0 Å². The van der Waals surface area contributed by atoms with Crippen LogP contribution >= 0.6 is 0 Å². The van der Waals surface area contributed by atoms with Gasteiger partial charge in [-0.25, -0.2) is 0 Å². The minimum Gasteiger partial charge on any atom is -0.907 e. The molecular formula is H18BN3O6. The van der Waals surface area contributed by atoms with Gasteiger partial charge in [0.05, 0.1) is 0 Å². The van der Waals surface area contributed by atoms with E-state index in [1.54, 1.807) is 0 Å². The number of hydrogen-bond donors (Lipinski definition) is 3. The smallest absolute Gasteiger partial charge is 0.278 e. The van der Waals surface area contributed by atoms with E-state index in [-0.39, 0.29) is 34.9 Å². The normalized spacial score (nSPS) is 2.70. The summed E-state index contributed by atoms with van der Waals surface area (Å²) in [5, 5.41) is 25.2. The first-order chi connectivity index (χ1) is 1.73. The second-order valence-electron chi connectivity index (χ2n) is 0.289. The van der Waals surface area contributed by atoms with E-state index >= 15 is 0 Å². The lowest BCUT2D eigenvalue weighted by Gasteiger charge is -2.35. The maximum Gasteiger partial charge on any atom is -0.278 e. The van der Waals surface area contributed by atoms with Crippen molar-refractivity contribution in [3.05, 3.63) is 0 Å². The van der Waals surface area contributed by atoms with Gasteiger partial charge in [0.25, 0.3) is 0 Å². The zero-order valence-electron chi connectivity index (χ0n) is 6.30. The molecule has 9 nitrogen and oxygen atoms in total. The summed E-state index contributed by atoms with van der Waals surface area (Å²) in [5.41, 5.74) is 0. The maximum atomic E-state index is 8.42. The van der Waals surface area contributed by atoms with Gasteiger partial charge in [0.1, 0.15) is 0 Å². The third-order valence-electron chi connectivity index (χ3n) is 0. The van der Waals surface area contributed by atoms with E-state index in [0.29, 0.717) is 0 Å². The van der Waals surface area contributed by atoms with Gasteiger partial charge < -0.3 is 50.0 Å². The summed E-state index contributed by atoms with van der Waals surface area (Å²) in [7, 11) is -2.92. The molecule has 0 aliphatic rings. The fourth-order valence-electron chi connectivity index (χ4n) is 0. The van der Waals surface area contributed by atoms with Gasteiger partial charge in [-0.05, 0) is 0 Å². The Morgan fingerprint density at radius 2 is 0.600 bits per heavy atom. The Hall–Kier alpha value is -0.295. The topological polar surface area (TPSA) is 273 Å². The van der Waals surface area contributed by atoms with Crippen molar-refractivity contribution in [1.82, 2.24) is 18.5 Å². The minimum absolute atomic E-state index is 0. The fraction of sp³-hybridized carbons (Fsp3) is 0. The molecule has 0 bridgehead atoms. The van der Waals surface area contributed by atoms with Crippen molar-refractivity contribution in [2.75, 3.05) is 0 Å². The first-order valence-corrected chi connectivity index (χ1v) is 0.707. The zero-order valence-corrected chi connectivity index (χ0v) is 6.30. The Bertz CT molecular complexity index is 17.7. The fourth-order valence-corrected chi connectivity index (χ4v) is 0. The monoisotopic (exact) mass is 167 g/mol. The molecular weight excluding hydrogens is 149 g/mol. The van der Waals surface area contributed by atoms with Crippen molar-refractivity contribution in [3.63, 3.8) is 0 Å². The summed E-state index contributed by atoms with van der Waals surface area (Å²) in [6.07, 6.45) is 0. The lowest BCUT2D eigenvalue weighted by Crippen LogP contribution is -2.56. The van der Waals surface area contributed by atoms with Gasteiger partial charge in [-0.2, -0.15) is 0 Å². The number of rotatable bonds is 0. The Balaban J connectivity index is -0.00000000300. The molecule has 0 atom stereocenters. The molecule has 0 spiro atoms. The van der Waals surface area contributed by atoms with E-state index in [1.807, 2.05) is 0 Å². The Labute approximate surface area is 58.5 Å². The van der Waals surface area contributed by atoms with Crippen molar-refractivity contribution in [1.29, 1.82) is 0 Å². The molecule has 10 heteroatoms. The van der Waals surface area contributed by atoms with E-state index in [9.17, 15) is 0 Å². The highest BCUT2D eigenvalue weighted by atomic mass is 16.5. The van der Waals surface area contributed by atoms with Gasteiger partial charge in [0.2, 0.25) is 0 Å². The van der Waals surface area contributed by atoms with Crippen LogP contribution < -0.4 is 33.5 Å². The molecule has 0 saturated heterocycles. The summed E-state index contributed by atoms with van der Waals surface area (Å²) in [6, 6.07) is 0. The molecule has 0 fully saturated rings. The van der Waals surface area contributed by atoms with Crippen molar-refractivity contribution in [3.8, 4) is 0 Å². The average molecular weight is 167 g/mol. The van der Waals surface area contributed by atoms with Crippen LogP contribution in [0.4, 0.5) is 0 Å². The largest absolute Gasteiger partial charge is 0.907 e. The first kappa shape index (κ1) is 101. The second-order valence-corrected chi connectivity index (χ2v) is 0.289. The predicted molar refractivity (Wildman–Crippen MR) is 34.5 cm³/mol. The van der Waals surface area contributed by atoms with E-state index < -0.39 is 7.32 Å². The molecule has 0 aliphatic carbocycles. The van der Waals surface area contributed by atoms with E-state index in [2.05, 4.69) is 0 Å². The Morgan fingerprint density at radius 3 is 0.600 bits per heavy atom. The van der Waals surface area contributed by atoms with Crippen molar-refractivity contribution < 1.29 is 31.5 Å². The molecule has 0 aliphatic heterocycles. The van der Waals surface area contributed by atoms with Gasteiger partial charge >= 0.3 is 0 Å². The van der Waals surface area contributed by atoms with E-state index in [1.165, 1.54) is 0 Å². The molecule has 0 saturated carbocycles. The highest BCUT2D eigenvalue weighted by Crippen LogP contribution is 0.994. The summed E-state index contributed by atoms with van der Waals surface area (Å²) >= 11 is 0. The van der Waals surface area contributed by atoms with Crippen LogP contribution in [0.1, 0.15) is 0 Å². The summed E-state index contributed by atoms with van der Waals surface area (Å²) < 4.78 is 0. The van der Waals surface area contributed by atoms with Crippen LogP contribution in [0.5, 0.6) is 0 Å². The molecule has 0 radical (unpaired) electrons. The van der Waals surface area contributed by atoms with Crippen LogP contribution in [0.15, 0.2) is 0 Å². The molecule has 0 aromatic rings. The predicted octanol–water partition coefficient (Wildman–Crippen LogP) is -5.29. The molecule has 18 N–H and O–H groups in total. The zero-order chi connectivity index (χ0) is 3.58. The van der Waals surface area contributed by atoms with Crippen molar-refractivity contribution >= 4 is 7.32 Å². The van der Waals surface area contributed by atoms with Crippen LogP contribution in [0.2, 0.25) is 0 Å². The van der Waals surface area contributed by atoms with E-state index in [4.69, 9.17) is 15.1 Å². The SMILES string of the molecule is O.O.O.[NH4+].[NH4+].[NH4+].[O-]B([O-])[O-]. The Morgan fingerprint density at radius 1 is 0.600 bits per heavy atom. The molecule has 0 aromatic carbocycles. The summed E-state index contributed by atoms with van der Waals surface area (Å²) in [6.45, 7) is 0. The lowest BCUT2D eigenvalue weighted by molar-refractivity contribution is -0.479. The van der Waals surface area contributed by atoms with Gasteiger partial charge in [-0.3, -0.25) is 7.32 Å². The number of hydrogen-bond acceptors (Lipinski definition) is 3. The van der Waals surface area contributed by atoms with Gasteiger partial charge in [0, 0.05) is 0 Å². The van der Waals surface area contributed by atoms with Crippen LogP contribution in [0.3, 0.4) is 0 Å². The standard InChI is InChI=1S/BO3.3H3N.3H2O/c2-1(3)4;;;;;;/h;3*1H3;3*1H2/q-3;;;;;;/p+3. The maximum absolute atomic E-state index is 8.42. The van der Waals surface area contributed by atoms with Crippen LogP contribution in [-0.2, 0) is 0 Å². The molecule has 0 unspecified atom stereocenters. The minimum atomic E-state index is -2.92. The summed E-state index contributed by atoms with van der Waals surface area (Å²) in [5.74, 6) is 0. The summed E-state index contributed by atoms with van der Waals surface area (Å²) in [4.78, 5) is 0. The third-order valence-corrected chi connectivity index (χ3v) is 0. The average Bonchev–Trinajstić information content (AvgIpc) is 0.811. The first-order valence-electron chi connectivity index (χ1n) is 0.707. The molecule has 0 aromatic heterocycles. The molecule has 0 heterocycles. The molecule has 0 amide bonds. The number of quaternary nitrogens is 3. The molecule has 0 rings (SSSR count). The second kappa shape index (κ2) is 70.6. The van der Waals surface area contributed by atoms with Crippen molar-refractivity contribution in [2.24, 2.45) is 0 Å². The highest BCUT2D eigenvalue weighted by Gasteiger charge is 1.17. The van der Waals surface area contributed by atoms with Crippen molar-refractivity contribution in [2.45, 2.75) is 0 Å². The van der Waals surface area contributed by atoms with Gasteiger partial charge in [-0.15, -0.1) is 0 Å². The quantitative estimate of drug-likeness (QED) is 0.298. The molecule has 10 heavy (non-hydrogen) atoms. The lowest BCUT2D eigenvalue weighted by atomic mass is 10.3. The third kappa shape index (κ3) is 3980. The van der Waals surface area contributed by atoms with Crippen LogP contribution in [0, 0.1) is 0 Å². The van der Waals surface area contributed by atoms with E-state index in [0.717, 1.165) is 0 Å². The Kier molecular flexibility index (Phi) is 710. The van der Waals surface area contributed by atoms with Crippen LogP contribution in [-0.4, -0.2) is 23.7 Å². The molecule has 72 valence electrons.